The van der Waals surface area contributed by atoms with Gasteiger partial charge < -0.3 is 23.7 Å². The fourth-order valence-corrected chi connectivity index (χ4v) is 2.40. The van der Waals surface area contributed by atoms with Crippen molar-refractivity contribution in [2.45, 2.75) is 31.3 Å². The summed E-state index contributed by atoms with van der Waals surface area (Å²) in [5.74, 6) is -7.74. The standard InChI is InChI=1S/C16H19Cl5O10/c1-8(28-11(23)3-18)15(30-13(25)5-20)16(31-14(26)6-21)9(29-12(24)4-19)7-27-10(22)2-17/h8-9,15-16H,2-7H2,1H3. The third-order valence-corrected chi connectivity index (χ3v) is 4.33. The number of carbonyl (C=O) groups is 5. The van der Waals surface area contributed by atoms with Crippen LogP contribution in [0.2, 0.25) is 0 Å². The molecule has 4 atom stereocenters. The SMILES string of the molecule is CC(OC(=O)CCl)C(OC(=O)CCl)C(OC(=O)CCl)C(COC(=O)CCl)OC(=O)CCl. The highest BCUT2D eigenvalue weighted by Crippen LogP contribution is 2.20. The van der Waals surface area contributed by atoms with Gasteiger partial charge in [-0.1, -0.05) is 0 Å². The van der Waals surface area contributed by atoms with Crippen LogP contribution in [-0.4, -0.2) is 90.3 Å². The predicted octanol–water partition coefficient (Wildman–Crippen LogP) is 1.39. The Labute approximate surface area is 202 Å². The van der Waals surface area contributed by atoms with Gasteiger partial charge in [-0.2, -0.15) is 0 Å². The number of hydrogen-bond donors (Lipinski definition) is 0. The molecule has 0 aromatic carbocycles. The number of alkyl halides is 5. The van der Waals surface area contributed by atoms with Crippen LogP contribution in [0, 0.1) is 0 Å². The Morgan fingerprint density at radius 2 is 0.968 bits per heavy atom. The minimum Gasteiger partial charge on any atom is -0.461 e. The quantitative estimate of drug-likeness (QED) is 0.178. The van der Waals surface area contributed by atoms with Crippen molar-refractivity contribution in [1.29, 1.82) is 0 Å². The van der Waals surface area contributed by atoms with Crippen LogP contribution in [0.15, 0.2) is 0 Å². The van der Waals surface area contributed by atoms with Gasteiger partial charge in [0.1, 0.15) is 42.1 Å². The molecule has 0 aliphatic rings. The second kappa shape index (κ2) is 16.4. The number of carbonyl (C=O) groups excluding carboxylic acids is 5. The lowest BCUT2D eigenvalue weighted by molar-refractivity contribution is -0.200. The Kier molecular flexibility index (Phi) is 15.8. The van der Waals surface area contributed by atoms with Crippen molar-refractivity contribution >= 4 is 87.9 Å². The van der Waals surface area contributed by atoms with E-state index >= 15 is 0 Å². The minimum atomic E-state index is -1.66. The van der Waals surface area contributed by atoms with Crippen molar-refractivity contribution in [2.24, 2.45) is 0 Å². The van der Waals surface area contributed by atoms with E-state index in [4.69, 9.17) is 81.7 Å². The van der Waals surface area contributed by atoms with Crippen molar-refractivity contribution in [2.75, 3.05) is 36.0 Å². The summed E-state index contributed by atoms with van der Waals surface area (Å²) in [6, 6.07) is 0. The molecule has 0 aliphatic heterocycles. The van der Waals surface area contributed by atoms with E-state index in [2.05, 4.69) is 0 Å². The third-order valence-electron chi connectivity index (χ3n) is 3.24. The molecule has 0 aliphatic carbocycles. The Hall–Kier alpha value is -1.20. The maximum Gasteiger partial charge on any atom is 0.321 e. The molecule has 0 fully saturated rings. The molecule has 178 valence electrons. The van der Waals surface area contributed by atoms with Gasteiger partial charge in [-0.25, -0.2) is 0 Å². The maximum atomic E-state index is 11.9. The Morgan fingerprint density at radius 3 is 1.42 bits per heavy atom. The van der Waals surface area contributed by atoms with Crippen LogP contribution in [0.4, 0.5) is 0 Å². The van der Waals surface area contributed by atoms with Crippen molar-refractivity contribution in [3.63, 3.8) is 0 Å². The highest BCUT2D eigenvalue weighted by Gasteiger charge is 2.43. The van der Waals surface area contributed by atoms with Gasteiger partial charge in [0.2, 0.25) is 0 Å². The second-order valence-corrected chi connectivity index (χ2v) is 6.82. The van der Waals surface area contributed by atoms with Crippen molar-refractivity contribution in [1.82, 2.24) is 0 Å². The zero-order valence-corrected chi connectivity index (χ0v) is 19.8. The summed E-state index contributed by atoms with van der Waals surface area (Å²) in [5, 5.41) is 0. The Bertz CT molecular complexity index is 632. The van der Waals surface area contributed by atoms with E-state index in [1.807, 2.05) is 0 Å². The monoisotopic (exact) mass is 546 g/mol. The average molecular weight is 549 g/mol. The molecule has 0 rings (SSSR count). The van der Waals surface area contributed by atoms with Crippen LogP contribution < -0.4 is 0 Å². The molecule has 15 heteroatoms. The van der Waals surface area contributed by atoms with Crippen molar-refractivity contribution in [3.05, 3.63) is 0 Å². The lowest BCUT2D eigenvalue weighted by Crippen LogP contribution is -2.53. The van der Waals surface area contributed by atoms with Crippen LogP contribution >= 0.6 is 58.0 Å². The van der Waals surface area contributed by atoms with Gasteiger partial charge >= 0.3 is 29.8 Å². The molecule has 0 N–H and O–H groups in total. The van der Waals surface area contributed by atoms with Crippen LogP contribution in [0.3, 0.4) is 0 Å². The van der Waals surface area contributed by atoms with Crippen molar-refractivity contribution < 1.29 is 47.7 Å². The Morgan fingerprint density at radius 1 is 0.581 bits per heavy atom. The molecule has 0 saturated carbocycles. The van der Waals surface area contributed by atoms with Crippen molar-refractivity contribution in [3.8, 4) is 0 Å². The van der Waals surface area contributed by atoms with Crippen LogP contribution in [0.25, 0.3) is 0 Å². The van der Waals surface area contributed by atoms with E-state index < -0.39 is 90.3 Å². The van der Waals surface area contributed by atoms with E-state index in [0.717, 1.165) is 0 Å². The first kappa shape index (κ1) is 29.8. The normalized spacial score (nSPS) is 14.4. The number of hydrogen-bond acceptors (Lipinski definition) is 10. The molecule has 0 aromatic rings. The zero-order valence-electron chi connectivity index (χ0n) is 16.0. The van der Waals surface area contributed by atoms with Gasteiger partial charge in [0.05, 0.1) is 0 Å². The van der Waals surface area contributed by atoms with E-state index in [-0.39, 0.29) is 0 Å². The number of rotatable bonds is 14. The summed E-state index contributed by atoms with van der Waals surface area (Å²) in [5.41, 5.74) is 0. The van der Waals surface area contributed by atoms with Gasteiger partial charge in [0, 0.05) is 0 Å². The summed E-state index contributed by atoms with van der Waals surface area (Å²) in [7, 11) is 0. The van der Waals surface area contributed by atoms with E-state index in [0.29, 0.717) is 0 Å². The molecular formula is C16H19Cl5O10. The summed E-state index contributed by atoms with van der Waals surface area (Å²) in [4.78, 5) is 58.5. The summed E-state index contributed by atoms with van der Waals surface area (Å²) in [6.07, 6.45) is -6.08. The van der Waals surface area contributed by atoms with Gasteiger partial charge in [-0.05, 0) is 6.92 Å². The Balaban J connectivity index is 6.12. The summed E-state index contributed by atoms with van der Waals surface area (Å²) >= 11 is 27.2. The van der Waals surface area contributed by atoms with Crippen LogP contribution in [0.1, 0.15) is 6.92 Å². The zero-order chi connectivity index (χ0) is 24.0. The molecule has 0 heterocycles. The molecular weight excluding hydrogens is 529 g/mol. The average Bonchev–Trinajstić information content (AvgIpc) is 2.77. The number of ether oxygens (including phenoxy) is 5. The van der Waals surface area contributed by atoms with E-state index in [1.165, 1.54) is 6.92 Å². The van der Waals surface area contributed by atoms with Gasteiger partial charge in [0.15, 0.2) is 18.3 Å². The first-order valence-electron chi connectivity index (χ1n) is 8.36. The fraction of sp³-hybridized carbons (Fsp3) is 0.688. The highest BCUT2D eigenvalue weighted by atomic mass is 35.5. The first-order valence-corrected chi connectivity index (χ1v) is 11.0. The smallest absolute Gasteiger partial charge is 0.321 e. The van der Waals surface area contributed by atoms with E-state index in [1.54, 1.807) is 0 Å². The van der Waals surface area contributed by atoms with Crippen LogP contribution in [-0.2, 0) is 47.7 Å². The molecule has 31 heavy (non-hydrogen) atoms. The number of halogens is 5. The molecule has 0 amide bonds. The molecule has 0 bridgehead atoms. The third kappa shape index (κ3) is 11.8. The van der Waals surface area contributed by atoms with E-state index in [9.17, 15) is 24.0 Å². The largest absolute Gasteiger partial charge is 0.461 e. The minimum absolute atomic E-state index is 0.531. The van der Waals surface area contributed by atoms with Gasteiger partial charge in [0.25, 0.3) is 0 Å². The molecule has 10 nitrogen and oxygen atoms in total. The molecule has 0 spiro atoms. The first-order chi connectivity index (χ1) is 14.6. The number of esters is 5. The molecule has 0 radical (unpaired) electrons. The molecule has 4 unspecified atom stereocenters. The topological polar surface area (TPSA) is 132 Å². The fourth-order valence-electron chi connectivity index (χ4n) is 2.07. The summed E-state index contributed by atoms with van der Waals surface area (Å²) < 4.78 is 25.2. The lowest BCUT2D eigenvalue weighted by atomic mass is 10.0. The van der Waals surface area contributed by atoms with Gasteiger partial charge in [-0.3, -0.25) is 24.0 Å². The second-order valence-electron chi connectivity index (χ2n) is 5.48. The van der Waals surface area contributed by atoms with Gasteiger partial charge in [-0.15, -0.1) is 58.0 Å². The molecule has 0 saturated heterocycles. The molecule has 0 aromatic heterocycles. The maximum absolute atomic E-state index is 11.9. The van der Waals surface area contributed by atoms with Crippen LogP contribution in [0.5, 0.6) is 0 Å². The predicted molar refractivity (Wildman–Crippen MR) is 110 cm³/mol. The lowest BCUT2D eigenvalue weighted by Gasteiger charge is -2.34. The highest BCUT2D eigenvalue weighted by molar-refractivity contribution is 6.27. The summed E-state index contributed by atoms with van der Waals surface area (Å²) in [6.45, 7) is 0.600.